The van der Waals surface area contributed by atoms with E-state index < -0.39 is 5.97 Å². The molecular weight excluding hydrogens is 422 g/mol. The van der Waals surface area contributed by atoms with Crippen molar-refractivity contribution in [3.63, 3.8) is 0 Å². The van der Waals surface area contributed by atoms with Gasteiger partial charge in [-0.1, -0.05) is 6.07 Å². The molecule has 5 aromatic heterocycles. The Morgan fingerprint density at radius 3 is 2.64 bits per heavy atom. The number of aromatic nitrogens is 7. The molecule has 0 amide bonds. The number of hydrogen-bond donors (Lipinski definition) is 3. The van der Waals surface area contributed by atoms with Crippen molar-refractivity contribution in [2.75, 3.05) is 10.6 Å². The Kier molecular flexibility index (Phi) is 5.03. The second-order valence-electron chi connectivity index (χ2n) is 7.04. The molecule has 5 rings (SSSR count). The Morgan fingerprint density at radius 1 is 0.939 bits per heavy atom. The van der Waals surface area contributed by atoms with Gasteiger partial charge in [-0.25, -0.2) is 29.2 Å². The molecule has 5 aromatic rings. The van der Waals surface area contributed by atoms with Crippen LogP contribution in [0.25, 0.3) is 17.0 Å². The standard InChI is InChI=1S/C22H17N9O2/c1-13-4-2-5-15(25-13)19-29-20(16-6-3-11-31(16)30-19)26-18-9-10-23-22(28-18)27-17-8-7-14(12-24-17)21(32)33/h2-12H,1H3,(H,32,33)(H2,23,24,26,27,28,29,30). The molecule has 0 bridgehead atoms. The Balaban J connectivity index is 1.44. The molecular formula is C22H17N9O2. The number of carboxylic acid groups (broad SMARTS) is 1. The normalized spacial score (nSPS) is 10.8. The number of anilines is 4. The van der Waals surface area contributed by atoms with E-state index in [1.165, 1.54) is 12.3 Å². The lowest BCUT2D eigenvalue weighted by atomic mass is 10.3. The summed E-state index contributed by atoms with van der Waals surface area (Å²) in [6.45, 7) is 1.91. The molecule has 11 nitrogen and oxygen atoms in total. The number of nitrogens with one attached hydrogen (secondary N) is 2. The van der Waals surface area contributed by atoms with Crippen LogP contribution >= 0.6 is 0 Å². The molecule has 162 valence electrons. The minimum Gasteiger partial charge on any atom is -0.478 e. The molecule has 33 heavy (non-hydrogen) atoms. The maximum atomic E-state index is 11.0. The Bertz CT molecular complexity index is 1460. The number of carboxylic acids is 1. The van der Waals surface area contributed by atoms with Gasteiger partial charge < -0.3 is 15.7 Å². The minimum absolute atomic E-state index is 0.0933. The van der Waals surface area contributed by atoms with Crippen molar-refractivity contribution in [1.82, 2.24) is 34.5 Å². The van der Waals surface area contributed by atoms with Crippen LogP contribution < -0.4 is 10.6 Å². The van der Waals surface area contributed by atoms with Crippen LogP contribution in [0.1, 0.15) is 16.1 Å². The number of aryl methyl sites for hydroxylation is 1. The van der Waals surface area contributed by atoms with Crippen molar-refractivity contribution in [2.24, 2.45) is 0 Å². The van der Waals surface area contributed by atoms with Gasteiger partial charge in [0, 0.05) is 24.3 Å². The number of fused-ring (bicyclic) bond motifs is 1. The summed E-state index contributed by atoms with van der Waals surface area (Å²) in [7, 11) is 0. The van der Waals surface area contributed by atoms with Gasteiger partial charge in [0.2, 0.25) is 11.8 Å². The zero-order chi connectivity index (χ0) is 22.8. The van der Waals surface area contributed by atoms with Crippen molar-refractivity contribution in [2.45, 2.75) is 6.92 Å². The number of nitrogens with zero attached hydrogens (tertiary/aromatic N) is 7. The van der Waals surface area contributed by atoms with Crippen molar-refractivity contribution in [3.05, 3.63) is 78.4 Å². The Morgan fingerprint density at radius 2 is 1.85 bits per heavy atom. The third-order valence-electron chi connectivity index (χ3n) is 4.66. The fourth-order valence-corrected chi connectivity index (χ4v) is 3.12. The number of rotatable bonds is 6. The van der Waals surface area contributed by atoms with Crippen molar-refractivity contribution < 1.29 is 9.90 Å². The van der Waals surface area contributed by atoms with E-state index >= 15 is 0 Å². The highest BCUT2D eigenvalue weighted by atomic mass is 16.4. The molecule has 0 fully saturated rings. The molecule has 0 aliphatic rings. The molecule has 0 saturated heterocycles. The molecule has 0 radical (unpaired) electrons. The lowest BCUT2D eigenvalue weighted by molar-refractivity contribution is 0.0696. The first kappa shape index (κ1) is 20.0. The average Bonchev–Trinajstić information content (AvgIpc) is 3.29. The monoisotopic (exact) mass is 439 g/mol. The number of hydrogen-bond acceptors (Lipinski definition) is 9. The molecule has 0 unspecified atom stereocenters. The van der Waals surface area contributed by atoms with E-state index in [4.69, 9.17) is 5.11 Å². The predicted octanol–water partition coefficient (Wildman–Crippen LogP) is 3.47. The third-order valence-corrected chi connectivity index (χ3v) is 4.66. The highest BCUT2D eigenvalue weighted by molar-refractivity contribution is 5.87. The summed E-state index contributed by atoms with van der Waals surface area (Å²) in [5, 5.41) is 19.7. The van der Waals surface area contributed by atoms with Gasteiger partial charge in [-0.15, -0.1) is 5.10 Å². The van der Waals surface area contributed by atoms with Gasteiger partial charge in [0.25, 0.3) is 0 Å². The largest absolute Gasteiger partial charge is 0.478 e. The average molecular weight is 439 g/mol. The van der Waals surface area contributed by atoms with E-state index in [0.717, 1.165) is 11.2 Å². The second kappa shape index (κ2) is 8.30. The molecule has 0 aromatic carbocycles. The van der Waals surface area contributed by atoms with Crippen LogP contribution in [-0.4, -0.2) is 45.6 Å². The van der Waals surface area contributed by atoms with Gasteiger partial charge in [-0.2, -0.15) is 4.98 Å². The smallest absolute Gasteiger partial charge is 0.337 e. The maximum absolute atomic E-state index is 11.0. The van der Waals surface area contributed by atoms with Gasteiger partial charge in [0.05, 0.1) is 5.56 Å². The van der Waals surface area contributed by atoms with E-state index in [9.17, 15) is 4.79 Å². The maximum Gasteiger partial charge on any atom is 0.337 e. The molecule has 0 saturated carbocycles. The van der Waals surface area contributed by atoms with Crippen LogP contribution in [0.5, 0.6) is 0 Å². The summed E-state index contributed by atoms with van der Waals surface area (Å²) in [6, 6.07) is 14.2. The Hall–Kier alpha value is -4.93. The van der Waals surface area contributed by atoms with E-state index in [2.05, 4.69) is 40.7 Å². The number of aromatic carboxylic acids is 1. The van der Waals surface area contributed by atoms with E-state index in [1.807, 2.05) is 43.5 Å². The van der Waals surface area contributed by atoms with Gasteiger partial charge in [0.15, 0.2) is 5.82 Å². The molecule has 0 atom stereocenters. The van der Waals surface area contributed by atoms with Crippen LogP contribution in [0.3, 0.4) is 0 Å². The van der Waals surface area contributed by atoms with Crippen molar-refractivity contribution in [1.29, 1.82) is 0 Å². The number of pyridine rings is 2. The van der Waals surface area contributed by atoms with Gasteiger partial charge in [0.1, 0.15) is 22.8 Å². The molecule has 0 aliphatic heterocycles. The van der Waals surface area contributed by atoms with Crippen LogP contribution in [-0.2, 0) is 0 Å². The fourth-order valence-electron chi connectivity index (χ4n) is 3.12. The van der Waals surface area contributed by atoms with E-state index in [1.54, 1.807) is 22.8 Å². The van der Waals surface area contributed by atoms with Gasteiger partial charge in [-0.05, 0) is 49.4 Å². The second-order valence-corrected chi connectivity index (χ2v) is 7.04. The molecule has 5 heterocycles. The van der Waals surface area contributed by atoms with E-state index in [-0.39, 0.29) is 11.5 Å². The lowest BCUT2D eigenvalue weighted by Crippen LogP contribution is -2.06. The summed E-state index contributed by atoms with van der Waals surface area (Å²) >= 11 is 0. The van der Waals surface area contributed by atoms with Crippen LogP contribution in [0.4, 0.5) is 23.4 Å². The summed E-state index contributed by atoms with van der Waals surface area (Å²) in [5.74, 6) is 1.19. The molecule has 0 aliphatic carbocycles. The summed E-state index contributed by atoms with van der Waals surface area (Å²) < 4.78 is 1.73. The summed E-state index contributed by atoms with van der Waals surface area (Å²) in [6.07, 6.45) is 4.68. The Labute approximate surface area is 187 Å². The lowest BCUT2D eigenvalue weighted by Gasteiger charge is -2.10. The predicted molar refractivity (Wildman–Crippen MR) is 121 cm³/mol. The highest BCUT2D eigenvalue weighted by Crippen LogP contribution is 2.23. The van der Waals surface area contributed by atoms with Crippen LogP contribution in [0, 0.1) is 6.92 Å². The summed E-state index contributed by atoms with van der Waals surface area (Å²) in [5.41, 5.74) is 2.39. The first-order valence-electron chi connectivity index (χ1n) is 9.91. The first-order chi connectivity index (χ1) is 16.0. The van der Waals surface area contributed by atoms with E-state index in [0.29, 0.717) is 29.0 Å². The van der Waals surface area contributed by atoms with Crippen molar-refractivity contribution in [3.8, 4) is 11.5 Å². The van der Waals surface area contributed by atoms with Crippen LogP contribution in [0.2, 0.25) is 0 Å². The number of carbonyl (C=O) groups is 1. The third kappa shape index (κ3) is 4.28. The molecule has 0 spiro atoms. The topological polar surface area (TPSA) is 143 Å². The van der Waals surface area contributed by atoms with Crippen molar-refractivity contribution >= 4 is 34.9 Å². The quantitative estimate of drug-likeness (QED) is 0.360. The molecule has 11 heteroatoms. The SMILES string of the molecule is Cc1cccc(-c2nc(Nc3ccnc(Nc4ccc(C(=O)O)cn4)n3)c3cccn3n2)n1. The van der Waals surface area contributed by atoms with Gasteiger partial charge in [-0.3, -0.25) is 0 Å². The zero-order valence-electron chi connectivity index (χ0n) is 17.3. The summed E-state index contributed by atoms with van der Waals surface area (Å²) in [4.78, 5) is 32.9. The molecule has 3 N–H and O–H groups in total. The highest BCUT2D eigenvalue weighted by Gasteiger charge is 2.12. The van der Waals surface area contributed by atoms with Crippen LogP contribution in [0.15, 0.2) is 67.1 Å². The fraction of sp³-hybridized carbons (Fsp3) is 0.0455. The van der Waals surface area contributed by atoms with Gasteiger partial charge >= 0.3 is 5.97 Å². The minimum atomic E-state index is -1.04. The first-order valence-corrected chi connectivity index (χ1v) is 9.91. The zero-order valence-corrected chi connectivity index (χ0v) is 17.3.